The van der Waals surface area contributed by atoms with Crippen molar-refractivity contribution >= 4 is 16.8 Å². The molecule has 0 saturated heterocycles. The van der Waals surface area contributed by atoms with E-state index in [1.807, 2.05) is 20.0 Å². The van der Waals surface area contributed by atoms with Crippen molar-refractivity contribution in [2.45, 2.75) is 49.9 Å². The fraction of sp³-hybridized carbons (Fsp3) is 0.650. The first-order chi connectivity index (χ1) is 12.5. The van der Waals surface area contributed by atoms with Gasteiger partial charge in [-0.2, -0.15) is 0 Å². The van der Waals surface area contributed by atoms with Gasteiger partial charge in [-0.05, 0) is 38.9 Å². The minimum Gasteiger partial charge on any atom is -0.354 e. The average Bonchev–Trinajstić information content (AvgIpc) is 2.67. The van der Waals surface area contributed by atoms with E-state index in [0.717, 1.165) is 43.9 Å². The fourth-order valence-electron chi connectivity index (χ4n) is 3.61. The molecule has 1 aromatic rings. The van der Waals surface area contributed by atoms with Crippen LogP contribution in [0.1, 0.15) is 44.2 Å². The molecule has 1 aliphatic carbocycles. The summed E-state index contributed by atoms with van der Waals surface area (Å²) < 4.78 is 12.1. The number of hydrogen-bond acceptors (Lipinski definition) is 3. The van der Waals surface area contributed by atoms with Crippen LogP contribution in [0.25, 0.3) is 0 Å². The third-order valence-electron chi connectivity index (χ3n) is 5.12. The topological polar surface area (TPSA) is 56.7 Å². The van der Waals surface area contributed by atoms with E-state index in [0.29, 0.717) is 11.3 Å². The number of aliphatic imine (C=N–C) groups is 1. The Labute approximate surface area is 161 Å². The Balaban J connectivity index is 1.91. The molecule has 5 nitrogen and oxygen atoms in total. The third kappa shape index (κ3) is 6.09. The monoisotopic (exact) mass is 378 g/mol. The molecule has 1 aliphatic rings. The number of nitrogens with one attached hydrogen (secondary N) is 2. The van der Waals surface area contributed by atoms with Crippen molar-refractivity contribution in [3.63, 3.8) is 0 Å². The number of rotatable bonds is 7. The van der Waals surface area contributed by atoms with Crippen molar-refractivity contribution in [1.29, 1.82) is 0 Å². The van der Waals surface area contributed by atoms with Gasteiger partial charge in [-0.3, -0.25) is 9.20 Å². The van der Waals surface area contributed by atoms with Gasteiger partial charge in [0.2, 0.25) is 0 Å². The molecule has 2 N–H and O–H groups in total. The number of nitrogens with zero attached hydrogens (tertiary/aromatic N) is 2. The molecule has 1 fully saturated rings. The maximum atomic E-state index is 12.1. The molecule has 2 rings (SSSR count). The second kappa shape index (κ2) is 10.7. The summed E-state index contributed by atoms with van der Waals surface area (Å²) in [5.74, 6) is 1.59. The maximum absolute atomic E-state index is 12.1. The zero-order valence-corrected chi connectivity index (χ0v) is 17.4. The van der Waals surface area contributed by atoms with Crippen molar-refractivity contribution < 1.29 is 4.21 Å². The number of hydrogen-bond donors (Lipinski definition) is 2. The maximum Gasteiger partial charge on any atom is 0.191 e. The standard InChI is InChI=1S/C20H34N4OS/c1-5-26(25)18-13-9-12-17(14-18)23-20(21-2)22-15-19(24(3)4)16-10-7-6-8-11-16/h6-8,10-11,17-19H,5,9,12-15H2,1-4H3,(H2,21,22,23). The van der Waals surface area contributed by atoms with E-state index in [-0.39, 0.29) is 6.04 Å². The normalized spacial score (nSPS) is 23.5. The van der Waals surface area contributed by atoms with E-state index >= 15 is 0 Å². The number of likely N-dealkylation sites (N-methyl/N-ethyl adjacent to an activating group) is 1. The van der Waals surface area contributed by atoms with E-state index in [1.165, 1.54) is 5.56 Å². The Kier molecular flexibility index (Phi) is 8.59. The summed E-state index contributed by atoms with van der Waals surface area (Å²) in [4.78, 5) is 6.62. The van der Waals surface area contributed by atoms with Gasteiger partial charge in [-0.1, -0.05) is 43.7 Å². The minimum absolute atomic E-state index is 0.279. The van der Waals surface area contributed by atoms with Gasteiger partial charge in [0.1, 0.15) is 0 Å². The molecule has 0 aromatic heterocycles. The molecular weight excluding hydrogens is 344 g/mol. The lowest BCUT2D eigenvalue weighted by Crippen LogP contribution is -2.48. The molecule has 146 valence electrons. The predicted octanol–water partition coefficient (Wildman–Crippen LogP) is 2.53. The first kappa shape index (κ1) is 20.9. The summed E-state index contributed by atoms with van der Waals surface area (Å²) in [5, 5.41) is 7.34. The van der Waals surface area contributed by atoms with Crippen molar-refractivity contribution in [2.75, 3.05) is 33.4 Å². The lowest BCUT2D eigenvalue weighted by atomic mass is 9.95. The molecule has 0 heterocycles. The Morgan fingerprint density at radius 2 is 2.04 bits per heavy atom. The smallest absolute Gasteiger partial charge is 0.191 e. The molecule has 6 heteroatoms. The van der Waals surface area contributed by atoms with Crippen LogP contribution in [0.3, 0.4) is 0 Å². The summed E-state index contributed by atoms with van der Waals surface area (Å²) in [7, 11) is 5.31. The van der Waals surface area contributed by atoms with Gasteiger partial charge in [-0.15, -0.1) is 0 Å². The average molecular weight is 379 g/mol. The molecule has 26 heavy (non-hydrogen) atoms. The van der Waals surface area contributed by atoms with Crippen molar-refractivity contribution in [1.82, 2.24) is 15.5 Å². The van der Waals surface area contributed by atoms with Crippen molar-refractivity contribution in [3.8, 4) is 0 Å². The number of guanidine groups is 1. The van der Waals surface area contributed by atoms with Crippen LogP contribution >= 0.6 is 0 Å². The van der Waals surface area contributed by atoms with E-state index < -0.39 is 10.8 Å². The van der Waals surface area contributed by atoms with Gasteiger partial charge in [0.05, 0.1) is 6.04 Å². The SMILES string of the molecule is CCS(=O)C1CCCC(NC(=NC)NCC(c2ccccc2)N(C)C)C1. The largest absolute Gasteiger partial charge is 0.354 e. The molecule has 0 amide bonds. The summed E-state index contributed by atoms with van der Waals surface area (Å²) in [6.07, 6.45) is 4.31. The van der Waals surface area contributed by atoms with Crippen LogP contribution in [0.15, 0.2) is 35.3 Å². The fourth-order valence-corrected chi connectivity index (χ4v) is 4.95. The summed E-state index contributed by atoms with van der Waals surface area (Å²) in [6, 6.07) is 11.2. The molecule has 0 spiro atoms. The Morgan fingerprint density at radius 1 is 1.31 bits per heavy atom. The van der Waals surface area contributed by atoms with Gasteiger partial charge < -0.3 is 15.5 Å². The van der Waals surface area contributed by atoms with E-state index in [4.69, 9.17) is 0 Å². The van der Waals surface area contributed by atoms with Gasteiger partial charge in [0.15, 0.2) is 5.96 Å². The highest BCUT2D eigenvalue weighted by molar-refractivity contribution is 7.85. The van der Waals surface area contributed by atoms with Crippen LogP contribution in [-0.2, 0) is 10.8 Å². The first-order valence-corrected chi connectivity index (χ1v) is 11.0. The van der Waals surface area contributed by atoms with Crippen LogP contribution in [0.2, 0.25) is 0 Å². The van der Waals surface area contributed by atoms with Crippen LogP contribution in [0.5, 0.6) is 0 Å². The molecule has 4 unspecified atom stereocenters. The van der Waals surface area contributed by atoms with Crippen LogP contribution in [0, 0.1) is 0 Å². The second-order valence-corrected chi connectivity index (χ2v) is 9.15. The quantitative estimate of drug-likeness (QED) is 0.565. The lowest BCUT2D eigenvalue weighted by Gasteiger charge is -2.31. The zero-order chi connectivity index (χ0) is 18.9. The van der Waals surface area contributed by atoms with Crippen LogP contribution < -0.4 is 10.6 Å². The Morgan fingerprint density at radius 3 is 2.65 bits per heavy atom. The lowest BCUT2D eigenvalue weighted by molar-refractivity contribution is 0.297. The highest BCUT2D eigenvalue weighted by Gasteiger charge is 2.26. The van der Waals surface area contributed by atoms with Gasteiger partial charge in [0, 0.05) is 41.4 Å². The third-order valence-corrected chi connectivity index (χ3v) is 6.86. The van der Waals surface area contributed by atoms with Gasteiger partial charge in [-0.25, -0.2) is 0 Å². The van der Waals surface area contributed by atoms with Crippen molar-refractivity contribution in [3.05, 3.63) is 35.9 Å². The van der Waals surface area contributed by atoms with Gasteiger partial charge >= 0.3 is 0 Å². The van der Waals surface area contributed by atoms with Crippen LogP contribution in [-0.4, -0.2) is 59.8 Å². The Hall–Kier alpha value is -1.40. The highest BCUT2D eigenvalue weighted by Crippen LogP contribution is 2.23. The first-order valence-electron chi connectivity index (χ1n) is 9.60. The highest BCUT2D eigenvalue weighted by atomic mass is 32.2. The molecule has 1 aromatic carbocycles. The molecule has 0 aliphatic heterocycles. The summed E-state index contributed by atoms with van der Waals surface area (Å²) >= 11 is 0. The summed E-state index contributed by atoms with van der Waals surface area (Å²) in [5.41, 5.74) is 1.29. The number of benzene rings is 1. The Bertz CT molecular complexity index is 591. The van der Waals surface area contributed by atoms with Gasteiger partial charge in [0.25, 0.3) is 0 Å². The van der Waals surface area contributed by atoms with E-state index in [2.05, 4.69) is 58.9 Å². The minimum atomic E-state index is -0.700. The van der Waals surface area contributed by atoms with Crippen molar-refractivity contribution in [2.24, 2.45) is 4.99 Å². The summed E-state index contributed by atoms with van der Waals surface area (Å²) in [6.45, 7) is 2.80. The molecule has 1 saturated carbocycles. The predicted molar refractivity (Wildman–Crippen MR) is 112 cm³/mol. The molecule has 4 atom stereocenters. The zero-order valence-electron chi connectivity index (χ0n) is 16.6. The molecule has 0 radical (unpaired) electrons. The van der Waals surface area contributed by atoms with Crippen LogP contribution in [0.4, 0.5) is 0 Å². The second-order valence-electron chi connectivity index (χ2n) is 7.14. The van der Waals surface area contributed by atoms with E-state index in [1.54, 1.807) is 0 Å². The molecular formula is C20H34N4OS. The van der Waals surface area contributed by atoms with E-state index in [9.17, 15) is 4.21 Å². The molecule has 0 bridgehead atoms.